The van der Waals surface area contributed by atoms with E-state index in [0.717, 1.165) is 104 Å². The molecule has 5 aromatic rings. The number of hydrogen-bond donors (Lipinski definition) is 2. The fourth-order valence-electron chi connectivity index (χ4n) is 7.57. The Morgan fingerprint density at radius 3 is 1.67 bits per heavy atom. The molecule has 0 unspecified atom stereocenters. The number of carboxylic acid groups (broad SMARTS) is 2. The maximum atomic E-state index is 11.1. The van der Waals surface area contributed by atoms with Crippen LogP contribution in [0.2, 0.25) is 0 Å². The van der Waals surface area contributed by atoms with Crippen LogP contribution in [0.5, 0.6) is 0 Å². The molecule has 0 spiro atoms. The van der Waals surface area contributed by atoms with Crippen molar-refractivity contribution in [3.8, 4) is 11.4 Å². The SMILES string of the molecule is C1=C(N2CCOCC2)CCC1.CCOC(=O)C(Cl)=NCc1ccccc1.O=C(O)c1nn(-c2ccccc2)c2c1CCC2.O=C(O)c1nn(-c2ccccc2)c2c1CCC2. The van der Waals surface area contributed by atoms with Crippen molar-refractivity contribution in [2.75, 3.05) is 32.9 Å². The molecule has 1 fully saturated rings. The summed E-state index contributed by atoms with van der Waals surface area (Å²) in [6.45, 7) is 6.44. The number of aromatic carboxylic acids is 2. The third-order valence-electron chi connectivity index (χ3n) is 10.4. The number of aromatic nitrogens is 4. The van der Waals surface area contributed by atoms with Crippen molar-refractivity contribution < 1.29 is 34.1 Å². The predicted molar refractivity (Wildman–Crippen MR) is 229 cm³/mol. The standard InChI is InChI=1S/2C13H12N2O2.C11H12ClNO2.C9H15NO/c2*16-13(17)12-10-7-4-8-11(10)15(14-12)9-5-2-1-3-6-9;1-2-15-11(14)10(12)13-8-9-6-4-3-5-7-9;1-2-4-9(3-1)10-5-7-11-8-6-10/h2*1-3,5-6H,4,7-8H2,(H,16,17);3-7H,2,8H2,1H3;3H,1-2,4-8H2. The molecule has 0 radical (unpaired) electrons. The smallest absolute Gasteiger partial charge is 0.368 e. The fraction of sp³-hybridized carbons (Fsp3) is 0.348. The highest BCUT2D eigenvalue weighted by Gasteiger charge is 2.27. The lowest BCUT2D eigenvalue weighted by Crippen LogP contribution is -2.35. The lowest BCUT2D eigenvalue weighted by molar-refractivity contribution is -0.134. The van der Waals surface area contributed by atoms with E-state index in [0.29, 0.717) is 13.2 Å². The van der Waals surface area contributed by atoms with E-state index in [-0.39, 0.29) is 16.6 Å². The fourth-order valence-corrected chi connectivity index (χ4v) is 7.69. The van der Waals surface area contributed by atoms with Crippen LogP contribution in [0, 0.1) is 0 Å². The number of ether oxygens (including phenoxy) is 2. The van der Waals surface area contributed by atoms with Gasteiger partial charge in [-0.2, -0.15) is 10.2 Å². The number of carbonyl (C=O) groups is 3. The molecule has 1 aliphatic heterocycles. The van der Waals surface area contributed by atoms with Gasteiger partial charge in [-0.05, 0) is 94.5 Å². The first kappa shape index (κ1) is 43.5. The van der Waals surface area contributed by atoms with Gasteiger partial charge in [0, 0.05) is 41.3 Å². The summed E-state index contributed by atoms with van der Waals surface area (Å²) >= 11 is 5.64. The highest BCUT2D eigenvalue weighted by molar-refractivity contribution is 6.82. The van der Waals surface area contributed by atoms with Crippen LogP contribution in [0.3, 0.4) is 0 Å². The normalized spacial score (nSPS) is 15.2. The maximum absolute atomic E-state index is 11.1. The molecule has 0 amide bonds. The first-order chi connectivity index (χ1) is 29.2. The van der Waals surface area contributed by atoms with Gasteiger partial charge in [0.25, 0.3) is 0 Å². The molecule has 3 aliphatic carbocycles. The summed E-state index contributed by atoms with van der Waals surface area (Å²) in [5.41, 5.74) is 8.75. The number of hydrogen-bond acceptors (Lipinski definition) is 9. The van der Waals surface area contributed by atoms with Gasteiger partial charge >= 0.3 is 17.9 Å². The highest BCUT2D eigenvalue weighted by Crippen LogP contribution is 2.29. The number of fused-ring (bicyclic) bond motifs is 2. The summed E-state index contributed by atoms with van der Waals surface area (Å²) < 4.78 is 13.5. The third-order valence-corrected chi connectivity index (χ3v) is 10.7. The predicted octanol–water partition coefficient (Wildman–Crippen LogP) is 7.89. The zero-order chi connectivity index (χ0) is 42.3. The number of benzene rings is 3. The van der Waals surface area contributed by atoms with Crippen LogP contribution in [-0.2, 0) is 46.5 Å². The molecule has 3 aromatic carbocycles. The lowest BCUT2D eigenvalue weighted by atomic mass is 10.2. The van der Waals surface area contributed by atoms with E-state index >= 15 is 0 Å². The summed E-state index contributed by atoms with van der Waals surface area (Å²) in [5.74, 6) is -2.44. The van der Waals surface area contributed by atoms with Crippen LogP contribution in [0.25, 0.3) is 11.4 Å². The molecule has 4 aliphatic rings. The Kier molecular flexibility index (Phi) is 15.8. The van der Waals surface area contributed by atoms with Gasteiger partial charge in [0.15, 0.2) is 11.4 Å². The number of para-hydroxylation sites is 2. The number of nitrogens with zero attached hydrogens (tertiary/aromatic N) is 6. The van der Waals surface area contributed by atoms with E-state index in [4.69, 9.17) is 31.3 Å². The van der Waals surface area contributed by atoms with Gasteiger partial charge in [-0.3, -0.25) is 4.99 Å². The average molecular weight is 835 g/mol. The Morgan fingerprint density at radius 2 is 1.22 bits per heavy atom. The van der Waals surface area contributed by atoms with Crippen LogP contribution in [0.1, 0.15) is 88.1 Å². The minimum atomic E-state index is -0.933. The number of esters is 1. The van der Waals surface area contributed by atoms with E-state index in [2.05, 4.69) is 26.2 Å². The Bertz CT molecular complexity index is 2160. The monoisotopic (exact) mass is 834 g/mol. The number of carboxylic acids is 2. The lowest BCUT2D eigenvalue weighted by Gasteiger charge is -2.29. The van der Waals surface area contributed by atoms with Crippen LogP contribution >= 0.6 is 11.6 Å². The molecule has 0 saturated carbocycles. The van der Waals surface area contributed by atoms with Gasteiger partial charge in [-0.1, -0.05) is 84.4 Å². The molecule has 60 heavy (non-hydrogen) atoms. The summed E-state index contributed by atoms with van der Waals surface area (Å²) in [6, 6.07) is 28.9. The summed E-state index contributed by atoms with van der Waals surface area (Å²) in [6.07, 6.45) is 11.8. The molecule has 314 valence electrons. The second-order valence-corrected chi connectivity index (χ2v) is 14.7. The van der Waals surface area contributed by atoms with Crippen molar-refractivity contribution in [1.82, 2.24) is 24.5 Å². The van der Waals surface area contributed by atoms with Crippen molar-refractivity contribution in [2.45, 2.75) is 71.3 Å². The minimum Gasteiger partial charge on any atom is -0.476 e. The zero-order valence-corrected chi connectivity index (χ0v) is 34.6. The molecule has 0 bridgehead atoms. The first-order valence-corrected chi connectivity index (χ1v) is 20.8. The second-order valence-electron chi connectivity index (χ2n) is 14.4. The number of rotatable bonds is 9. The van der Waals surface area contributed by atoms with Crippen LogP contribution < -0.4 is 0 Å². The summed E-state index contributed by atoms with van der Waals surface area (Å²) in [5, 5.41) is 26.6. The van der Waals surface area contributed by atoms with Crippen molar-refractivity contribution >= 4 is 34.7 Å². The van der Waals surface area contributed by atoms with Crippen LogP contribution in [0.15, 0.2) is 108 Å². The molecular weight excluding hydrogens is 784 g/mol. The van der Waals surface area contributed by atoms with Crippen molar-refractivity contribution in [1.29, 1.82) is 0 Å². The van der Waals surface area contributed by atoms with Gasteiger partial charge in [-0.15, -0.1) is 0 Å². The van der Waals surface area contributed by atoms with Gasteiger partial charge in [0.1, 0.15) is 0 Å². The highest BCUT2D eigenvalue weighted by atomic mass is 35.5. The van der Waals surface area contributed by atoms with Crippen LogP contribution in [0.4, 0.5) is 0 Å². The average Bonchev–Trinajstić information content (AvgIpc) is 4.14. The summed E-state index contributed by atoms with van der Waals surface area (Å²) in [4.78, 5) is 39.7. The van der Waals surface area contributed by atoms with E-state index in [9.17, 15) is 14.4 Å². The molecule has 2 N–H and O–H groups in total. The molecule has 2 aromatic heterocycles. The first-order valence-electron chi connectivity index (χ1n) is 20.5. The molecule has 3 heterocycles. The Labute approximate surface area is 354 Å². The second kappa shape index (κ2) is 21.8. The van der Waals surface area contributed by atoms with Gasteiger partial charge in [-0.25, -0.2) is 23.7 Å². The van der Waals surface area contributed by atoms with Crippen molar-refractivity contribution in [3.63, 3.8) is 0 Å². The van der Waals surface area contributed by atoms with E-state index in [1.165, 1.54) is 19.3 Å². The third kappa shape index (κ3) is 11.4. The molecule has 1 saturated heterocycles. The minimum absolute atomic E-state index is 0.110. The number of morpholine rings is 1. The number of carbonyl (C=O) groups excluding carboxylic acids is 1. The molecule has 0 atom stereocenters. The molecular formula is C46H51ClN6O7. The quantitative estimate of drug-likeness (QED) is 0.110. The van der Waals surface area contributed by atoms with Gasteiger partial charge < -0.3 is 24.6 Å². The summed E-state index contributed by atoms with van der Waals surface area (Å²) in [7, 11) is 0. The van der Waals surface area contributed by atoms with E-state index in [1.807, 2.05) is 91.0 Å². The van der Waals surface area contributed by atoms with Gasteiger partial charge in [0.2, 0.25) is 5.17 Å². The Morgan fingerprint density at radius 1 is 0.717 bits per heavy atom. The zero-order valence-electron chi connectivity index (χ0n) is 33.8. The number of allylic oxidation sites excluding steroid dienone is 2. The van der Waals surface area contributed by atoms with Crippen molar-refractivity contribution in [3.05, 3.63) is 142 Å². The van der Waals surface area contributed by atoms with E-state index in [1.54, 1.807) is 22.0 Å². The number of aliphatic imine (C=N–C) groups is 1. The molecule has 14 heteroatoms. The molecule has 13 nitrogen and oxygen atoms in total. The largest absolute Gasteiger partial charge is 0.476 e. The van der Waals surface area contributed by atoms with Gasteiger partial charge in [0.05, 0.1) is 37.7 Å². The van der Waals surface area contributed by atoms with E-state index < -0.39 is 17.9 Å². The molecule has 9 rings (SSSR count). The topological polar surface area (TPSA) is 161 Å². The Hall–Kier alpha value is -6.05. The van der Waals surface area contributed by atoms with Crippen LogP contribution in [-0.4, -0.2) is 90.7 Å². The number of halogens is 1. The Balaban J connectivity index is 0.000000136. The maximum Gasteiger partial charge on any atom is 0.368 e. The van der Waals surface area contributed by atoms with Crippen molar-refractivity contribution in [2.24, 2.45) is 4.99 Å².